The first-order chi connectivity index (χ1) is 10.8. The van der Waals surface area contributed by atoms with E-state index in [1.807, 2.05) is 40.6 Å². The average Bonchev–Trinajstić information content (AvgIpc) is 3.06. The van der Waals surface area contributed by atoms with Crippen LogP contribution in [0.15, 0.2) is 41.8 Å². The zero-order valence-corrected chi connectivity index (χ0v) is 13.0. The SMILES string of the molecule is NC[C@@H]1C[C@@]1(C(=O)N1CCOc2ccccc21)c1cccs1. The van der Waals surface area contributed by atoms with Gasteiger partial charge in [-0.25, -0.2) is 0 Å². The number of para-hydroxylation sites is 2. The summed E-state index contributed by atoms with van der Waals surface area (Å²) in [6.45, 7) is 1.69. The summed E-state index contributed by atoms with van der Waals surface area (Å²) in [6.07, 6.45) is 0.850. The molecule has 1 fully saturated rings. The van der Waals surface area contributed by atoms with Crippen LogP contribution >= 0.6 is 11.3 Å². The number of nitrogens with two attached hydrogens (primary N) is 1. The lowest BCUT2D eigenvalue weighted by atomic mass is 9.98. The van der Waals surface area contributed by atoms with Crippen LogP contribution < -0.4 is 15.4 Å². The molecule has 1 aliphatic carbocycles. The third-order valence-corrected chi connectivity index (χ3v) is 5.75. The van der Waals surface area contributed by atoms with Crippen LogP contribution in [0.5, 0.6) is 5.75 Å². The summed E-state index contributed by atoms with van der Waals surface area (Å²) in [7, 11) is 0. The molecule has 1 saturated carbocycles. The maximum absolute atomic E-state index is 13.3. The molecule has 22 heavy (non-hydrogen) atoms. The molecule has 114 valence electrons. The molecule has 4 rings (SSSR count). The zero-order chi connectivity index (χ0) is 15.2. The maximum Gasteiger partial charge on any atom is 0.239 e. The molecule has 2 aromatic rings. The van der Waals surface area contributed by atoms with E-state index in [0.29, 0.717) is 19.7 Å². The second-order valence-electron chi connectivity index (χ2n) is 5.86. The van der Waals surface area contributed by atoms with Crippen molar-refractivity contribution in [3.8, 4) is 5.75 Å². The Morgan fingerprint density at radius 3 is 2.95 bits per heavy atom. The number of benzene rings is 1. The molecule has 0 radical (unpaired) electrons. The van der Waals surface area contributed by atoms with Crippen molar-refractivity contribution in [2.45, 2.75) is 11.8 Å². The van der Waals surface area contributed by atoms with Crippen molar-refractivity contribution >= 4 is 22.9 Å². The lowest BCUT2D eigenvalue weighted by Crippen LogP contribution is -2.45. The summed E-state index contributed by atoms with van der Waals surface area (Å²) in [4.78, 5) is 16.4. The van der Waals surface area contributed by atoms with Crippen LogP contribution in [0.1, 0.15) is 11.3 Å². The second kappa shape index (κ2) is 5.11. The smallest absolute Gasteiger partial charge is 0.239 e. The largest absolute Gasteiger partial charge is 0.490 e. The van der Waals surface area contributed by atoms with E-state index in [2.05, 4.69) is 6.07 Å². The van der Waals surface area contributed by atoms with Crippen LogP contribution in [-0.2, 0) is 10.2 Å². The summed E-state index contributed by atoms with van der Waals surface area (Å²) in [5.41, 5.74) is 6.34. The Morgan fingerprint density at radius 1 is 1.36 bits per heavy atom. The molecule has 2 N–H and O–H groups in total. The number of thiophene rings is 1. The maximum atomic E-state index is 13.3. The Balaban J connectivity index is 1.73. The number of carbonyl (C=O) groups is 1. The van der Waals surface area contributed by atoms with E-state index in [0.717, 1.165) is 22.7 Å². The van der Waals surface area contributed by atoms with Crippen LogP contribution in [0, 0.1) is 5.92 Å². The Kier molecular flexibility index (Phi) is 3.20. The minimum absolute atomic E-state index is 0.168. The molecule has 0 spiro atoms. The first-order valence-corrected chi connectivity index (χ1v) is 8.43. The van der Waals surface area contributed by atoms with Gasteiger partial charge in [-0.05, 0) is 42.5 Å². The van der Waals surface area contributed by atoms with Crippen LogP contribution in [0.25, 0.3) is 0 Å². The Bertz CT molecular complexity index is 700. The number of amides is 1. The van der Waals surface area contributed by atoms with Gasteiger partial charge >= 0.3 is 0 Å². The fraction of sp³-hybridized carbons (Fsp3) is 0.353. The van der Waals surface area contributed by atoms with Gasteiger partial charge in [0.15, 0.2) is 0 Å². The van der Waals surface area contributed by atoms with Gasteiger partial charge in [-0.2, -0.15) is 0 Å². The van der Waals surface area contributed by atoms with Crippen LogP contribution in [0.2, 0.25) is 0 Å². The van der Waals surface area contributed by atoms with E-state index in [1.54, 1.807) is 11.3 Å². The molecule has 1 aromatic carbocycles. The van der Waals surface area contributed by atoms with Crippen LogP contribution in [-0.4, -0.2) is 25.6 Å². The van der Waals surface area contributed by atoms with Crippen LogP contribution in [0.4, 0.5) is 5.69 Å². The minimum atomic E-state index is -0.423. The predicted molar refractivity (Wildman–Crippen MR) is 87.4 cm³/mol. The van der Waals surface area contributed by atoms with Gasteiger partial charge < -0.3 is 15.4 Å². The highest BCUT2D eigenvalue weighted by Gasteiger charge is 2.62. The van der Waals surface area contributed by atoms with Gasteiger partial charge in [0.25, 0.3) is 0 Å². The number of rotatable bonds is 3. The highest BCUT2D eigenvalue weighted by atomic mass is 32.1. The molecule has 1 aromatic heterocycles. The predicted octanol–water partition coefficient (Wildman–Crippen LogP) is 2.39. The minimum Gasteiger partial charge on any atom is -0.490 e. The molecular weight excluding hydrogens is 296 g/mol. The number of ether oxygens (including phenoxy) is 1. The quantitative estimate of drug-likeness (QED) is 0.946. The molecule has 1 aliphatic heterocycles. The van der Waals surface area contributed by atoms with Crippen molar-refractivity contribution in [3.63, 3.8) is 0 Å². The van der Waals surface area contributed by atoms with Gasteiger partial charge in [-0.15, -0.1) is 11.3 Å². The molecule has 1 amide bonds. The Labute approximate surface area is 133 Å². The molecule has 0 saturated heterocycles. The van der Waals surface area contributed by atoms with E-state index in [-0.39, 0.29) is 11.8 Å². The van der Waals surface area contributed by atoms with Gasteiger partial charge in [0.1, 0.15) is 12.4 Å². The molecule has 0 unspecified atom stereocenters. The number of anilines is 1. The van der Waals surface area contributed by atoms with Crippen molar-refractivity contribution in [1.82, 2.24) is 0 Å². The summed E-state index contributed by atoms with van der Waals surface area (Å²) >= 11 is 1.65. The van der Waals surface area contributed by atoms with E-state index < -0.39 is 5.41 Å². The van der Waals surface area contributed by atoms with Crippen LogP contribution in [0.3, 0.4) is 0 Å². The van der Waals surface area contributed by atoms with Crippen molar-refractivity contribution < 1.29 is 9.53 Å². The van der Waals surface area contributed by atoms with Crippen molar-refractivity contribution in [2.24, 2.45) is 11.7 Å². The molecule has 2 atom stereocenters. The van der Waals surface area contributed by atoms with Gasteiger partial charge in [0.05, 0.1) is 17.6 Å². The van der Waals surface area contributed by atoms with Gasteiger partial charge in [-0.1, -0.05) is 18.2 Å². The number of hydrogen-bond acceptors (Lipinski definition) is 4. The summed E-state index contributed by atoms with van der Waals surface area (Å²) in [5.74, 6) is 1.20. The van der Waals surface area contributed by atoms with E-state index in [1.165, 1.54) is 0 Å². The Morgan fingerprint density at radius 2 is 2.23 bits per heavy atom. The standard InChI is InChI=1S/C17H18N2O2S/c18-11-12-10-17(12,15-6-3-9-22-15)16(20)19-7-8-21-14-5-2-1-4-13(14)19/h1-6,9,12H,7-8,10-11,18H2/t12-,17-/m0/s1. The molecular formula is C17H18N2O2S. The van der Waals surface area contributed by atoms with Crippen molar-refractivity contribution in [3.05, 3.63) is 46.7 Å². The number of hydrogen-bond donors (Lipinski definition) is 1. The Hall–Kier alpha value is -1.85. The number of carbonyl (C=O) groups excluding carboxylic acids is 1. The highest BCUT2D eigenvalue weighted by molar-refractivity contribution is 7.10. The zero-order valence-electron chi connectivity index (χ0n) is 12.2. The van der Waals surface area contributed by atoms with Crippen molar-refractivity contribution in [1.29, 1.82) is 0 Å². The lowest BCUT2D eigenvalue weighted by Gasteiger charge is -2.32. The van der Waals surface area contributed by atoms with E-state index in [4.69, 9.17) is 10.5 Å². The molecule has 4 nitrogen and oxygen atoms in total. The van der Waals surface area contributed by atoms with Gasteiger partial charge in [0.2, 0.25) is 5.91 Å². The lowest BCUT2D eigenvalue weighted by molar-refractivity contribution is -0.121. The van der Waals surface area contributed by atoms with Crippen molar-refractivity contribution in [2.75, 3.05) is 24.6 Å². The molecule has 2 heterocycles. The number of nitrogens with zero attached hydrogens (tertiary/aromatic N) is 1. The van der Waals surface area contributed by atoms with E-state index in [9.17, 15) is 4.79 Å². The fourth-order valence-corrected chi connectivity index (χ4v) is 4.45. The third-order valence-electron chi connectivity index (χ3n) is 4.71. The fourth-order valence-electron chi connectivity index (χ4n) is 3.44. The molecule has 2 aliphatic rings. The monoisotopic (exact) mass is 314 g/mol. The summed E-state index contributed by atoms with van der Waals surface area (Å²) in [6, 6.07) is 11.8. The summed E-state index contributed by atoms with van der Waals surface area (Å²) in [5, 5.41) is 2.03. The molecule has 5 heteroatoms. The normalized spacial score (nSPS) is 26.2. The van der Waals surface area contributed by atoms with Gasteiger partial charge in [-0.3, -0.25) is 4.79 Å². The topological polar surface area (TPSA) is 55.6 Å². The van der Waals surface area contributed by atoms with Gasteiger partial charge in [0, 0.05) is 4.88 Å². The summed E-state index contributed by atoms with van der Waals surface area (Å²) < 4.78 is 5.66. The first-order valence-electron chi connectivity index (χ1n) is 7.55. The number of fused-ring (bicyclic) bond motifs is 1. The average molecular weight is 314 g/mol. The van der Waals surface area contributed by atoms with E-state index >= 15 is 0 Å². The molecule has 0 bridgehead atoms. The highest BCUT2D eigenvalue weighted by Crippen LogP contribution is 2.57. The second-order valence-corrected chi connectivity index (χ2v) is 6.81. The first kappa shape index (κ1) is 13.8. The third kappa shape index (κ3) is 1.89.